The normalized spacial score (nSPS) is 25.2. The van der Waals surface area contributed by atoms with Crippen molar-refractivity contribution in [1.29, 1.82) is 0 Å². The van der Waals surface area contributed by atoms with Crippen molar-refractivity contribution >= 4 is 23.8 Å². The maximum absolute atomic E-state index is 12.0. The summed E-state index contributed by atoms with van der Waals surface area (Å²) in [5.74, 6) is -0.0166. The Morgan fingerprint density at radius 2 is 2.00 bits per heavy atom. The van der Waals surface area contributed by atoms with E-state index in [-0.39, 0.29) is 10.8 Å². The van der Waals surface area contributed by atoms with E-state index in [1.165, 1.54) is 0 Å². The molecule has 2 N–H and O–H groups in total. The van der Waals surface area contributed by atoms with Crippen LogP contribution in [0.2, 0.25) is 0 Å². The summed E-state index contributed by atoms with van der Waals surface area (Å²) < 4.78 is 0.0511. The molecule has 1 heterocycles. The van der Waals surface area contributed by atoms with Gasteiger partial charge in [0, 0.05) is 23.6 Å². The van der Waals surface area contributed by atoms with Gasteiger partial charge in [0.15, 0.2) is 0 Å². The molecule has 96 valence electrons. The number of thioether (sulfide) groups is 1. The van der Waals surface area contributed by atoms with Crippen molar-refractivity contribution in [2.45, 2.75) is 37.0 Å². The van der Waals surface area contributed by atoms with Gasteiger partial charge in [-0.15, -0.1) is 0 Å². The summed E-state index contributed by atoms with van der Waals surface area (Å²) in [5, 5.41) is 11.7. The summed E-state index contributed by atoms with van der Waals surface area (Å²) in [6.45, 7) is 5.55. The quantitative estimate of drug-likeness (QED) is 0.779. The average molecular weight is 258 g/mol. The Kier molecular flexibility index (Phi) is 3.01. The molecule has 0 unspecified atom stereocenters. The van der Waals surface area contributed by atoms with Crippen LogP contribution in [-0.2, 0) is 4.79 Å². The second kappa shape index (κ2) is 4.08. The van der Waals surface area contributed by atoms with E-state index < -0.39 is 11.5 Å². The molecule has 0 radical (unpaired) electrons. The third kappa shape index (κ3) is 2.68. The van der Waals surface area contributed by atoms with Crippen LogP contribution in [0.15, 0.2) is 0 Å². The third-order valence-electron chi connectivity index (χ3n) is 3.22. The lowest BCUT2D eigenvalue weighted by atomic mass is 10.2. The van der Waals surface area contributed by atoms with Crippen LogP contribution in [0.5, 0.6) is 0 Å². The SMILES string of the molecule is CC1(C)CN(C(=O)NC2(C(=O)O)CC2)CCS1. The Bertz CT molecular complexity index is 353. The first kappa shape index (κ1) is 12.5. The second-order valence-electron chi connectivity index (χ2n) is 5.35. The molecule has 0 spiro atoms. The van der Waals surface area contributed by atoms with E-state index in [0.29, 0.717) is 25.9 Å². The molecule has 0 bridgehead atoms. The number of aliphatic carboxylic acids is 1. The van der Waals surface area contributed by atoms with Crippen molar-refractivity contribution < 1.29 is 14.7 Å². The first-order valence-electron chi connectivity index (χ1n) is 5.79. The minimum Gasteiger partial charge on any atom is -0.480 e. The van der Waals surface area contributed by atoms with Crippen LogP contribution in [0.3, 0.4) is 0 Å². The van der Waals surface area contributed by atoms with Crippen LogP contribution < -0.4 is 5.32 Å². The molecule has 0 aromatic carbocycles. The maximum atomic E-state index is 12.0. The molecule has 1 aliphatic carbocycles. The highest BCUT2D eigenvalue weighted by molar-refractivity contribution is 8.00. The van der Waals surface area contributed by atoms with E-state index in [1.54, 1.807) is 4.90 Å². The standard InChI is InChI=1S/C11H18N2O3S/c1-10(2)7-13(5-6-17-10)9(16)12-11(3-4-11)8(14)15/h3-7H2,1-2H3,(H,12,16)(H,14,15). The second-order valence-corrected chi connectivity index (χ2v) is 7.15. The van der Waals surface area contributed by atoms with Crippen LogP contribution >= 0.6 is 11.8 Å². The number of carboxylic acids is 1. The summed E-state index contributed by atoms with van der Waals surface area (Å²) in [5.41, 5.74) is -0.980. The Balaban J connectivity index is 1.94. The Morgan fingerprint density at radius 3 is 2.47 bits per heavy atom. The number of rotatable bonds is 2. The number of carbonyl (C=O) groups is 2. The number of carboxylic acid groups (broad SMARTS) is 1. The first-order chi connectivity index (χ1) is 7.85. The predicted molar refractivity (Wildman–Crippen MR) is 66.2 cm³/mol. The van der Waals surface area contributed by atoms with Gasteiger partial charge in [0.25, 0.3) is 0 Å². The van der Waals surface area contributed by atoms with Gasteiger partial charge in [-0.25, -0.2) is 9.59 Å². The molecule has 17 heavy (non-hydrogen) atoms. The number of hydrogen-bond donors (Lipinski definition) is 2. The van der Waals surface area contributed by atoms with E-state index in [4.69, 9.17) is 5.11 Å². The van der Waals surface area contributed by atoms with E-state index >= 15 is 0 Å². The molecule has 0 aromatic heterocycles. The zero-order valence-electron chi connectivity index (χ0n) is 10.2. The van der Waals surface area contributed by atoms with Crippen LogP contribution in [0.25, 0.3) is 0 Å². The third-order valence-corrected chi connectivity index (χ3v) is 4.52. The fourth-order valence-corrected chi connectivity index (χ4v) is 3.10. The number of amides is 2. The fourth-order valence-electron chi connectivity index (χ4n) is 1.99. The van der Waals surface area contributed by atoms with Crippen LogP contribution in [0, 0.1) is 0 Å². The summed E-state index contributed by atoms with van der Waals surface area (Å²) in [4.78, 5) is 24.7. The topological polar surface area (TPSA) is 69.6 Å². The van der Waals surface area contributed by atoms with E-state index in [2.05, 4.69) is 19.2 Å². The number of nitrogens with zero attached hydrogens (tertiary/aromatic N) is 1. The minimum absolute atomic E-state index is 0.0511. The zero-order chi connectivity index (χ0) is 12.7. The maximum Gasteiger partial charge on any atom is 0.329 e. The molecule has 5 nitrogen and oxygen atoms in total. The van der Waals surface area contributed by atoms with Crippen LogP contribution in [-0.4, -0.2) is 51.1 Å². The molecule has 1 saturated heterocycles. The molecule has 1 saturated carbocycles. The summed E-state index contributed by atoms with van der Waals surface area (Å²) >= 11 is 1.84. The van der Waals surface area contributed by atoms with Gasteiger partial charge in [-0.2, -0.15) is 11.8 Å². The number of urea groups is 1. The molecule has 0 atom stereocenters. The predicted octanol–water partition coefficient (Wildman–Crippen LogP) is 1.14. The molecule has 2 fully saturated rings. The van der Waals surface area contributed by atoms with Gasteiger partial charge in [-0.3, -0.25) is 0 Å². The molecule has 2 aliphatic rings. The van der Waals surface area contributed by atoms with Crippen molar-refractivity contribution in [3.63, 3.8) is 0 Å². The van der Waals surface area contributed by atoms with Gasteiger partial charge < -0.3 is 15.3 Å². The van der Waals surface area contributed by atoms with Crippen LogP contribution in [0.1, 0.15) is 26.7 Å². The lowest BCUT2D eigenvalue weighted by Crippen LogP contribution is -2.54. The van der Waals surface area contributed by atoms with Gasteiger partial charge in [0.05, 0.1) is 0 Å². The van der Waals surface area contributed by atoms with Gasteiger partial charge in [0.2, 0.25) is 0 Å². The number of nitrogens with one attached hydrogen (secondary N) is 1. The lowest BCUT2D eigenvalue weighted by molar-refractivity contribution is -0.140. The molecule has 2 amide bonds. The molecule has 0 aromatic rings. The minimum atomic E-state index is -0.980. The van der Waals surface area contributed by atoms with Crippen molar-refractivity contribution in [3.8, 4) is 0 Å². The van der Waals surface area contributed by atoms with Gasteiger partial charge >= 0.3 is 12.0 Å². The highest BCUT2D eigenvalue weighted by Crippen LogP contribution is 2.36. The lowest BCUT2D eigenvalue weighted by Gasteiger charge is -2.37. The Morgan fingerprint density at radius 1 is 1.35 bits per heavy atom. The van der Waals surface area contributed by atoms with Crippen LogP contribution in [0.4, 0.5) is 4.79 Å². The van der Waals surface area contributed by atoms with Gasteiger partial charge in [0.1, 0.15) is 5.54 Å². The Hall–Kier alpha value is -0.910. The first-order valence-corrected chi connectivity index (χ1v) is 6.78. The summed E-state index contributed by atoms with van der Waals surface area (Å²) in [6, 6.07) is -0.238. The number of carbonyl (C=O) groups excluding carboxylic acids is 1. The molecule has 6 heteroatoms. The van der Waals surface area contributed by atoms with Crippen molar-refractivity contribution in [3.05, 3.63) is 0 Å². The average Bonchev–Trinajstić information content (AvgIpc) is 2.97. The van der Waals surface area contributed by atoms with E-state index in [9.17, 15) is 9.59 Å². The highest BCUT2D eigenvalue weighted by Gasteiger charge is 2.52. The zero-order valence-corrected chi connectivity index (χ0v) is 11.0. The highest BCUT2D eigenvalue weighted by atomic mass is 32.2. The summed E-state index contributed by atoms with van der Waals surface area (Å²) in [7, 11) is 0. The molecular formula is C11H18N2O3S. The largest absolute Gasteiger partial charge is 0.480 e. The monoisotopic (exact) mass is 258 g/mol. The fraction of sp³-hybridized carbons (Fsp3) is 0.818. The van der Waals surface area contributed by atoms with Crippen molar-refractivity contribution in [2.24, 2.45) is 0 Å². The van der Waals surface area contributed by atoms with Gasteiger partial charge in [-0.05, 0) is 26.7 Å². The molecular weight excluding hydrogens is 240 g/mol. The molecule has 2 rings (SSSR count). The summed E-state index contributed by atoms with van der Waals surface area (Å²) in [6.07, 6.45) is 1.08. The Labute approximate surface area is 105 Å². The number of hydrogen-bond acceptors (Lipinski definition) is 3. The van der Waals surface area contributed by atoms with Gasteiger partial charge in [-0.1, -0.05) is 0 Å². The van der Waals surface area contributed by atoms with Crippen molar-refractivity contribution in [1.82, 2.24) is 10.2 Å². The van der Waals surface area contributed by atoms with Crippen molar-refractivity contribution in [2.75, 3.05) is 18.8 Å². The van der Waals surface area contributed by atoms with E-state index in [1.807, 2.05) is 11.8 Å². The van der Waals surface area contributed by atoms with E-state index in [0.717, 1.165) is 5.75 Å². The molecule has 1 aliphatic heterocycles. The smallest absolute Gasteiger partial charge is 0.329 e.